The molecule has 0 unspecified atom stereocenters. The third kappa shape index (κ3) is 3.49. The van der Waals surface area contributed by atoms with Gasteiger partial charge < -0.3 is 9.47 Å². The maximum absolute atomic E-state index is 12.4. The average molecular weight is 325 g/mol. The highest BCUT2D eigenvalue weighted by atomic mass is 35.5. The van der Waals surface area contributed by atoms with Crippen LogP contribution in [0.25, 0.3) is 0 Å². The number of ketones is 1. The summed E-state index contributed by atoms with van der Waals surface area (Å²) in [5.74, 6) is 1.05. The number of methoxy groups -OCH3 is 2. The maximum atomic E-state index is 12.4. The van der Waals surface area contributed by atoms with Gasteiger partial charge in [-0.2, -0.15) is 0 Å². The number of hydrogen-bond acceptors (Lipinski definition) is 3. The van der Waals surface area contributed by atoms with Crippen LogP contribution < -0.4 is 9.47 Å². The second kappa shape index (κ2) is 6.83. The lowest BCUT2D eigenvalue weighted by atomic mass is 10.0. The van der Waals surface area contributed by atoms with Crippen molar-refractivity contribution in [2.24, 2.45) is 0 Å². The molecule has 0 aliphatic carbocycles. The van der Waals surface area contributed by atoms with E-state index in [1.807, 2.05) is 6.07 Å². The predicted octanol–water partition coefficient (Wildman–Crippen LogP) is 4.44. The van der Waals surface area contributed by atoms with Crippen LogP contribution in [0.1, 0.15) is 15.9 Å². The van der Waals surface area contributed by atoms with Gasteiger partial charge in [0.25, 0.3) is 0 Å². The first kappa shape index (κ1) is 15.7. The van der Waals surface area contributed by atoms with E-state index in [0.29, 0.717) is 27.1 Å². The number of halogens is 2. The Labute approximate surface area is 133 Å². The Hall–Kier alpha value is -1.71. The third-order valence-electron chi connectivity index (χ3n) is 3.05. The van der Waals surface area contributed by atoms with Crippen LogP contribution in [-0.2, 0) is 6.42 Å². The zero-order valence-corrected chi connectivity index (χ0v) is 13.2. The monoisotopic (exact) mass is 324 g/mol. The van der Waals surface area contributed by atoms with Gasteiger partial charge in [-0.05, 0) is 29.8 Å². The summed E-state index contributed by atoms with van der Waals surface area (Å²) in [6.45, 7) is 0. The highest BCUT2D eigenvalue weighted by molar-refractivity contribution is 6.39. The summed E-state index contributed by atoms with van der Waals surface area (Å²) in [4.78, 5) is 12.4. The number of rotatable bonds is 5. The lowest BCUT2D eigenvalue weighted by Gasteiger charge is -2.10. The zero-order chi connectivity index (χ0) is 15.4. The second-order valence-electron chi connectivity index (χ2n) is 4.39. The number of carbonyl (C=O) groups excluding carboxylic acids is 1. The van der Waals surface area contributed by atoms with Gasteiger partial charge in [0.05, 0.1) is 29.8 Å². The Kier molecular flexibility index (Phi) is 5.10. The molecule has 0 atom stereocenters. The van der Waals surface area contributed by atoms with Crippen molar-refractivity contribution in [2.45, 2.75) is 6.42 Å². The van der Waals surface area contributed by atoms with E-state index in [1.54, 1.807) is 44.6 Å². The van der Waals surface area contributed by atoms with Crippen LogP contribution in [-0.4, -0.2) is 20.0 Å². The summed E-state index contributed by atoms with van der Waals surface area (Å²) in [7, 11) is 3.11. The van der Waals surface area contributed by atoms with Gasteiger partial charge in [-0.3, -0.25) is 4.79 Å². The first-order valence-electron chi connectivity index (χ1n) is 6.25. The Balaban J connectivity index is 2.28. The molecular weight excluding hydrogens is 311 g/mol. The average Bonchev–Trinajstić information content (AvgIpc) is 2.46. The van der Waals surface area contributed by atoms with Crippen LogP contribution in [0.5, 0.6) is 11.5 Å². The molecule has 5 heteroatoms. The van der Waals surface area contributed by atoms with Crippen LogP contribution >= 0.6 is 23.2 Å². The van der Waals surface area contributed by atoms with Crippen LogP contribution in [0, 0.1) is 0 Å². The van der Waals surface area contributed by atoms with E-state index in [9.17, 15) is 4.79 Å². The smallest absolute Gasteiger partial charge is 0.170 e. The molecule has 0 aliphatic heterocycles. The Morgan fingerprint density at radius 2 is 1.62 bits per heavy atom. The zero-order valence-electron chi connectivity index (χ0n) is 11.7. The second-order valence-corrected chi connectivity index (χ2v) is 5.20. The molecule has 0 heterocycles. The summed E-state index contributed by atoms with van der Waals surface area (Å²) >= 11 is 12.1. The van der Waals surface area contributed by atoms with Crippen LogP contribution in [0.3, 0.4) is 0 Å². The SMILES string of the molecule is COc1ccc(CC(=O)c2c(Cl)cccc2Cl)cc1OC. The van der Waals surface area contributed by atoms with E-state index in [-0.39, 0.29) is 12.2 Å². The molecule has 2 aromatic carbocycles. The van der Waals surface area contributed by atoms with Gasteiger partial charge >= 0.3 is 0 Å². The van der Waals surface area contributed by atoms with E-state index < -0.39 is 0 Å². The third-order valence-corrected chi connectivity index (χ3v) is 3.68. The highest BCUT2D eigenvalue weighted by Crippen LogP contribution is 2.30. The number of hydrogen-bond donors (Lipinski definition) is 0. The van der Waals surface area contributed by atoms with Gasteiger partial charge in [-0.15, -0.1) is 0 Å². The molecule has 0 amide bonds. The van der Waals surface area contributed by atoms with Crippen molar-refractivity contribution < 1.29 is 14.3 Å². The van der Waals surface area contributed by atoms with Crippen molar-refractivity contribution in [2.75, 3.05) is 14.2 Å². The molecule has 0 radical (unpaired) electrons. The van der Waals surface area contributed by atoms with Gasteiger partial charge in [0.15, 0.2) is 17.3 Å². The largest absolute Gasteiger partial charge is 0.493 e. The molecule has 3 nitrogen and oxygen atoms in total. The summed E-state index contributed by atoms with van der Waals surface area (Å²) in [5, 5.41) is 0.709. The standard InChI is InChI=1S/C16H14Cl2O3/c1-20-14-7-6-10(9-15(14)21-2)8-13(19)16-11(17)4-3-5-12(16)18/h3-7,9H,8H2,1-2H3. The lowest BCUT2D eigenvalue weighted by Crippen LogP contribution is -2.05. The Morgan fingerprint density at radius 3 is 2.19 bits per heavy atom. The number of benzene rings is 2. The van der Waals surface area contributed by atoms with E-state index in [2.05, 4.69) is 0 Å². The normalized spacial score (nSPS) is 10.3. The quantitative estimate of drug-likeness (QED) is 0.763. The maximum Gasteiger partial charge on any atom is 0.170 e. The van der Waals surface area contributed by atoms with Crippen LogP contribution in [0.15, 0.2) is 36.4 Å². The van der Waals surface area contributed by atoms with Crippen molar-refractivity contribution in [1.29, 1.82) is 0 Å². The van der Waals surface area contributed by atoms with Crippen molar-refractivity contribution in [3.05, 3.63) is 57.6 Å². The van der Waals surface area contributed by atoms with Crippen molar-refractivity contribution >= 4 is 29.0 Å². The van der Waals surface area contributed by atoms with E-state index in [0.717, 1.165) is 5.56 Å². The van der Waals surface area contributed by atoms with Crippen molar-refractivity contribution in [1.82, 2.24) is 0 Å². The topological polar surface area (TPSA) is 35.5 Å². The molecule has 110 valence electrons. The van der Waals surface area contributed by atoms with Crippen LogP contribution in [0.2, 0.25) is 10.0 Å². The number of ether oxygens (including phenoxy) is 2. The molecule has 0 aromatic heterocycles. The minimum Gasteiger partial charge on any atom is -0.493 e. The molecule has 0 fully saturated rings. The van der Waals surface area contributed by atoms with E-state index in [4.69, 9.17) is 32.7 Å². The molecule has 0 spiro atoms. The highest BCUT2D eigenvalue weighted by Gasteiger charge is 2.16. The number of carbonyl (C=O) groups is 1. The summed E-state index contributed by atoms with van der Waals surface area (Å²) in [5.41, 5.74) is 1.14. The fourth-order valence-electron chi connectivity index (χ4n) is 2.03. The van der Waals surface area contributed by atoms with Crippen LogP contribution in [0.4, 0.5) is 0 Å². The predicted molar refractivity (Wildman–Crippen MR) is 84.0 cm³/mol. The molecule has 21 heavy (non-hydrogen) atoms. The molecule has 2 rings (SSSR count). The molecular formula is C16H14Cl2O3. The van der Waals surface area contributed by atoms with E-state index >= 15 is 0 Å². The van der Waals surface area contributed by atoms with Gasteiger partial charge in [0, 0.05) is 6.42 Å². The minimum absolute atomic E-state index is 0.141. The first-order valence-corrected chi connectivity index (χ1v) is 7.00. The fourth-order valence-corrected chi connectivity index (χ4v) is 2.64. The molecule has 0 aliphatic rings. The molecule has 2 aromatic rings. The minimum atomic E-state index is -0.141. The van der Waals surface area contributed by atoms with Gasteiger partial charge in [-0.1, -0.05) is 35.3 Å². The fraction of sp³-hybridized carbons (Fsp3) is 0.188. The van der Waals surface area contributed by atoms with Gasteiger partial charge in [-0.25, -0.2) is 0 Å². The summed E-state index contributed by atoms with van der Waals surface area (Å²) < 4.78 is 10.4. The number of Topliss-reactive ketones (excluding diaryl/α,β-unsaturated/α-hetero) is 1. The summed E-state index contributed by atoms with van der Waals surface area (Å²) in [6.07, 6.45) is 0.184. The molecule has 0 N–H and O–H groups in total. The Bertz CT molecular complexity index is 648. The first-order chi connectivity index (χ1) is 10.1. The molecule has 0 saturated carbocycles. The van der Waals surface area contributed by atoms with E-state index in [1.165, 1.54) is 0 Å². The molecule has 0 bridgehead atoms. The van der Waals surface area contributed by atoms with Gasteiger partial charge in [0.2, 0.25) is 0 Å². The van der Waals surface area contributed by atoms with Crippen molar-refractivity contribution in [3.8, 4) is 11.5 Å². The Morgan fingerprint density at radius 1 is 1.00 bits per heavy atom. The summed E-state index contributed by atoms with van der Waals surface area (Å²) in [6, 6.07) is 10.3. The van der Waals surface area contributed by atoms with Gasteiger partial charge in [0.1, 0.15) is 0 Å². The molecule has 0 saturated heterocycles. The van der Waals surface area contributed by atoms with Crippen molar-refractivity contribution in [3.63, 3.8) is 0 Å². The lowest BCUT2D eigenvalue weighted by molar-refractivity contribution is 0.0993.